The first kappa shape index (κ1) is 7.86. The van der Waals surface area contributed by atoms with E-state index in [4.69, 9.17) is 10.1 Å². The molecule has 0 aromatic rings. The van der Waals surface area contributed by atoms with Crippen LogP contribution in [0.25, 0.3) is 0 Å². The lowest BCUT2D eigenvalue weighted by Crippen LogP contribution is -2.27. The fourth-order valence-electron chi connectivity index (χ4n) is 0.193. The first-order chi connectivity index (χ1) is 3.81. The number of hydrogen-bond donors (Lipinski definition) is 3. The number of rotatable bonds is 4. The smallest absolute Gasteiger partial charge is 0.401 e. The number of nitrogens with two attached hydrogens (primary N) is 1. The van der Waals surface area contributed by atoms with Gasteiger partial charge in [-0.2, -0.15) is 0 Å². The Hall–Kier alpha value is -0.135. The van der Waals surface area contributed by atoms with E-state index in [1.165, 1.54) is 0 Å². The van der Waals surface area contributed by atoms with Gasteiger partial charge in [0, 0.05) is 0 Å². The molecule has 0 heterocycles. The van der Waals surface area contributed by atoms with Gasteiger partial charge in [0.1, 0.15) is 0 Å². The van der Waals surface area contributed by atoms with Gasteiger partial charge >= 0.3 is 7.32 Å². The topological polar surface area (TPSA) is 84.9 Å². The highest BCUT2D eigenvalue weighted by atomic mass is 16.7. The Labute approximate surface area is 47.1 Å². The van der Waals surface area contributed by atoms with Gasteiger partial charge in [0.05, 0.1) is 13.2 Å². The summed E-state index contributed by atoms with van der Waals surface area (Å²) in [5.41, 5.74) is 0. The minimum Gasteiger partial charge on any atom is -0.401 e. The number of hydrogen-bond acceptors (Lipinski definition) is 5. The van der Waals surface area contributed by atoms with Crippen molar-refractivity contribution in [2.75, 3.05) is 13.2 Å². The van der Waals surface area contributed by atoms with Crippen molar-refractivity contribution in [2.45, 2.75) is 0 Å². The van der Waals surface area contributed by atoms with Crippen LogP contribution >= 0.6 is 0 Å². The second kappa shape index (κ2) is 5.01. The van der Waals surface area contributed by atoms with Crippen molar-refractivity contribution in [1.82, 2.24) is 0 Å². The lowest BCUT2D eigenvalue weighted by molar-refractivity contribution is 0.109. The molecule has 0 rings (SSSR count). The van der Waals surface area contributed by atoms with Crippen molar-refractivity contribution in [3.63, 3.8) is 0 Å². The maximum Gasteiger partial charge on any atom is 0.654 e. The van der Waals surface area contributed by atoms with Crippen LogP contribution in [0.5, 0.6) is 0 Å². The van der Waals surface area contributed by atoms with Crippen LogP contribution in [0.2, 0.25) is 0 Å². The van der Waals surface area contributed by atoms with Gasteiger partial charge in [-0.1, -0.05) is 0 Å². The first-order valence-electron chi connectivity index (χ1n) is 2.07. The first-order valence-corrected chi connectivity index (χ1v) is 2.07. The molecule has 6 heteroatoms. The van der Waals surface area contributed by atoms with Crippen LogP contribution in [-0.4, -0.2) is 30.7 Å². The average molecular weight is 121 g/mol. The largest absolute Gasteiger partial charge is 0.654 e. The molecule has 0 atom stereocenters. The van der Waals surface area contributed by atoms with Gasteiger partial charge in [0.2, 0.25) is 0 Å². The van der Waals surface area contributed by atoms with Crippen LogP contribution < -0.4 is 5.90 Å². The SMILES string of the molecule is NOB(O)OCCO. The third kappa shape index (κ3) is 4.04. The molecule has 0 amide bonds. The molecule has 0 radical (unpaired) electrons. The van der Waals surface area contributed by atoms with E-state index in [2.05, 4.69) is 15.3 Å². The molecule has 0 aliphatic heterocycles. The third-order valence-electron chi connectivity index (χ3n) is 0.468. The monoisotopic (exact) mass is 121 g/mol. The van der Waals surface area contributed by atoms with Gasteiger partial charge in [-0.25, -0.2) is 5.90 Å². The minimum absolute atomic E-state index is 0.0123. The highest BCUT2D eigenvalue weighted by Crippen LogP contribution is 1.76. The molecule has 0 spiro atoms. The molecule has 5 nitrogen and oxygen atoms in total. The van der Waals surface area contributed by atoms with Crippen LogP contribution in [0.1, 0.15) is 0 Å². The molecule has 8 heavy (non-hydrogen) atoms. The summed E-state index contributed by atoms with van der Waals surface area (Å²) in [6.45, 7) is -0.154. The number of aliphatic hydroxyl groups is 1. The van der Waals surface area contributed by atoms with E-state index in [9.17, 15) is 0 Å². The third-order valence-corrected chi connectivity index (χ3v) is 0.468. The average Bonchev–Trinajstić information content (AvgIpc) is 1.83. The van der Waals surface area contributed by atoms with E-state index in [1.54, 1.807) is 0 Å². The zero-order chi connectivity index (χ0) is 6.41. The molecule has 0 aliphatic carbocycles. The summed E-state index contributed by atoms with van der Waals surface area (Å²) >= 11 is 0. The predicted molar refractivity (Wildman–Crippen MR) is 26.3 cm³/mol. The molecule has 48 valence electrons. The van der Waals surface area contributed by atoms with Gasteiger partial charge in [0.25, 0.3) is 0 Å². The zero-order valence-corrected chi connectivity index (χ0v) is 4.28. The molecule has 0 unspecified atom stereocenters. The lowest BCUT2D eigenvalue weighted by Gasteiger charge is -2.00. The second-order valence-electron chi connectivity index (χ2n) is 1.04. The van der Waals surface area contributed by atoms with E-state index < -0.39 is 7.32 Å². The maximum absolute atomic E-state index is 8.31. The van der Waals surface area contributed by atoms with Crippen LogP contribution in [-0.2, 0) is 9.41 Å². The van der Waals surface area contributed by atoms with Gasteiger partial charge in [-0.05, 0) is 0 Å². The molecule has 0 bridgehead atoms. The predicted octanol–water partition coefficient (Wildman–Crippen LogP) is -2.14. The molecule has 0 fully saturated rings. The summed E-state index contributed by atoms with van der Waals surface area (Å²) in [7, 11) is -1.43. The Morgan fingerprint density at radius 3 is 2.62 bits per heavy atom. The van der Waals surface area contributed by atoms with Crippen molar-refractivity contribution in [3.05, 3.63) is 0 Å². The Balaban J connectivity index is 2.86. The Bertz CT molecular complexity index is 53.3. The standard InChI is InChI=1S/C2H8BNO4/c4-8-3(6)7-2-1-5/h5-6H,1-2,4H2. The van der Waals surface area contributed by atoms with Crippen molar-refractivity contribution < 1.29 is 19.5 Å². The number of aliphatic hydroxyl groups excluding tert-OH is 1. The maximum atomic E-state index is 8.31. The van der Waals surface area contributed by atoms with Crippen LogP contribution in [0.15, 0.2) is 0 Å². The van der Waals surface area contributed by atoms with Crippen LogP contribution in [0.4, 0.5) is 0 Å². The highest BCUT2D eigenvalue weighted by molar-refractivity contribution is 6.34. The van der Waals surface area contributed by atoms with Crippen molar-refractivity contribution in [2.24, 2.45) is 5.90 Å². The van der Waals surface area contributed by atoms with Gasteiger partial charge in [-0.15, -0.1) is 0 Å². The van der Waals surface area contributed by atoms with E-state index in [-0.39, 0.29) is 13.2 Å². The van der Waals surface area contributed by atoms with Gasteiger partial charge < -0.3 is 19.5 Å². The summed E-state index contributed by atoms with van der Waals surface area (Å²) in [5.74, 6) is 4.46. The van der Waals surface area contributed by atoms with Crippen LogP contribution in [0, 0.1) is 0 Å². The summed E-state index contributed by atoms with van der Waals surface area (Å²) in [6.07, 6.45) is 0. The van der Waals surface area contributed by atoms with Crippen molar-refractivity contribution in [3.8, 4) is 0 Å². The molecular weight excluding hydrogens is 113 g/mol. The minimum atomic E-state index is -1.43. The summed E-state index contributed by atoms with van der Waals surface area (Å²) in [5, 5.41) is 16.4. The normalized spacial score (nSPS) is 9.38. The molecule has 0 saturated heterocycles. The molecule has 4 N–H and O–H groups in total. The van der Waals surface area contributed by atoms with Gasteiger partial charge in [-0.3, -0.25) is 0 Å². The van der Waals surface area contributed by atoms with Crippen molar-refractivity contribution >= 4 is 7.32 Å². The molecule has 0 aromatic carbocycles. The second-order valence-corrected chi connectivity index (χ2v) is 1.04. The van der Waals surface area contributed by atoms with Crippen molar-refractivity contribution in [1.29, 1.82) is 0 Å². The van der Waals surface area contributed by atoms with Crippen LogP contribution in [0.3, 0.4) is 0 Å². The Morgan fingerprint density at radius 2 is 2.25 bits per heavy atom. The lowest BCUT2D eigenvalue weighted by atomic mass is 10.3. The summed E-state index contributed by atoms with van der Waals surface area (Å²) in [6, 6.07) is 0. The molecule has 0 saturated carbocycles. The molecule has 0 aliphatic rings. The summed E-state index contributed by atoms with van der Waals surface area (Å²) in [4.78, 5) is 0. The molecular formula is C2H8BNO4. The fourth-order valence-corrected chi connectivity index (χ4v) is 0.193. The zero-order valence-electron chi connectivity index (χ0n) is 4.28. The van der Waals surface area contributed by atoms with E-state index in [0.29, 0.717) is 0 Å². The highest BCUT2D eigenvalue weighted by Gasteiger charge is 2.11. The van der Waals surface area contributed by atoms with E-state index in [0.717, 1.165) is 0 Å². The summed E-state index contributed by atoms with van der Waals surface area (Å²) < 4.78 is 8.07. The van der Waals surface area contributed by atoms with E-state index >= 15 is 0 Å². The van der Waals surface area contributed by atoms with E-state index in [1.807, 2.05) is 0 Å². The van der Waals surface area contributed by atoms with Gasteiger partial charge in [0.15, 0.2) is 0 Å². The molecule has 0 aromatic heterocycles. The Kier molecular flexibility index (Phi) is 4.93. The fraction of sp³-hybridized carbons (Fsp3) is 1.00. The Morgan fingerprint density at radius 1 is 1.62 bits per heavy atom. The quantitative estimate of drug-likeness (QED) is 0.292.